The molecular formula is C8H9ClN2O. The number of aromatic nitrogens is 2. The van der Waals surface area contributed by atoms with Gasteiger partial charge in [-0.05, 0) is 12.8 Å². The molecular weight excluding hydrogens is 176 g/mol. The van der Waals surface area contributed by atoms with E-state index in [1.54, 1.807) is 11.7 Å². The molecule has 0 saturated heterocycles. The molecule has 1 saturated carbocycles. The van der Waals surface area contributed by atoms with Gasteiger partial charge in [-0.3, -0.25) is 9.48 Å². The minimum absolute atomic E-state index is 0.139. The Kier molecular flexibility index (Phi) is 1.68. The Labute approximate surface area is 75.3 Å². The van der Waals surface area contributed by atoms with Crippen molar-refractivity contribution in [3.63, 3.8) is 0 Å². The molecule has 1 heterocycles. The molecule has 0 atom stereocenters. The molecule has 3 nitrogen and oxygen atoms in total. The van der Waals surface area contributed by atoms with Gasteiger partial charge in [-0.15, -0.1) is 0 Å². The number of ketones is 1. The lowest BCUT2D eigenvalue weighted by Crippen LogP contribution is -2.08. The van der Waals surface area contributed by atoms with E-state index < -0.39 is 0 Å². The van der Waals surface area contributed by atoms with Crippen LogP contribution in [0.5, 0.6) is 0 Å². The van der Waals surface area contributed by atoms with Crippen molar-refractivity contribution in [1.29, 1.82) is 0 Å². The Balaban J connectivity index is 2.36. The van der Waals surface area contributed by atoms with Gasteiger partial charge in [-0.1, -0.05) is 11.6 Å². The maximum atomic E-state index is 11.6. The first-order chi connectivity index (χ1) is 5.70. The summed E-state index contributed by atoms with van der Waals surface area (Å²) in [5.74, 6) is 0.345. The van der Waals surface area contributed by atoms with Gasteiger partial charge in [-0.2, -0.15) is 5.10 Å². The lowest BCUT2D eigenvalue weighted by molar-refractivity contribution is 0.0958. The van der Waals surface area contributed by atoms with Crippen LogP contribution in [0.3, 0.4) is 0 Å². The lowest BCUT2D eigenvalue weighted by atomic mass is 10.2. The number of aryl methyl sites for hydroxylation is 1. The molecule has 1 aliphatic carbocycles. The minimum Gasteiger partial charge on any atom is -0.292 e. The van der Waals surface area contributed by atoms with Crippen LogP contribution < -0.4 is 0 Å². The molecule has 0 bridgehead atoms. The van der Waals surface area contributed by atoms with Crippen molar-refractivity contribution in [3.05, 3.63) is 16.9 Å². The maximum absolute atomic E-state index is 11.6. The van der Waals surface area contributed by atoms with Gasteiger partial charge in [-0.25, -0.2) is 0 Å². The van der Waals surface area contributed by atoms with Crippen molar-refractivity contribution >= 4 is 17.4 Å². The third-order valence-electron chi connectivity index (χ3n) is 2.08. The Morgan fingerprint density at radius 1 is 1.75 bits per heavy atom. The van der Waals surface area contributed by atoms with Crippen molar-refractivity contribution in [1.82, 2.24) is 9.78 Å². The Morgan fingerprint density at radius 2 is 2.42 bits per heavy atom. The molecule has 2 rings (SSSR count). The van der Waals surface area contributed by atoms with E-state index in [1.165, 1.54) is 6.20 Å². The fourth-order valence-electron chi connectivity index (χ4n) is 1.23. The third kappa shape index (κ3) is 1.14. The van der Waals surface area contributed by atoms with Gasteiger partial charge >= 0.3 is 0 Å². The standard InChI is InChI=1S/C8H9ClN2O/c1-11-7(6(9)4-10-11)8(12)5-2-3-5/h4-5H,2-3H2,1H3. The zero-order valence-corrected chi connectivity index (χ0v) is 7.51. The van der Waals surface area contributed by atoms with Gasteiger partial charge in [0.05, 0.1) is 11.2 Å². The van der Waals surface area contributed by atoms with Crippen LogP contribution in [-0.2, 0) is 7.05 Å². The summed E-state index contributed by atoms with van der Waals surface area (Å²) in [5.41, 5.74) is 0.555. The van der Waals surface area contributed by atoms with Gasteiger partial charge in [0, 0.05) is 13.0 Å². The average Bonchev–Trinajstić information content (AvgIpc) is 2.79. The number of carbonyl (C=O) groups excluding carboxylic acids is 1. The largest absolute Gasteiger partial charge is 0.292 e. The van der Waals surface area contributed by atoms with Crippen LogP contribution in [0.2, 0.25) is 5.02 Å². The summed E-state index contributed by atoms with van der Waals surface area (Å²) >= 11 is 5.81. The van der Waals surface area contributed by atoms with Crippen LogP contribution in [0.4, 0.5) is 0 Å². The first kappa shape index (κ1) is 7.80. The second kappa shape index (κ2) is 2.59. The highest BCUT2D eigenvalue weighted by atomic mass is 35.5. The molecule has 1 aromatic rings. The summed E-state index contributed by atoms with van der Waals surface area (Å²) in [4.78, 5) is 11.6. The van der Waals surface area contributed by atoms with Crippen molar-refractivity contribution in [2.45, 2.75) is 12.8 Å². The maximum Gasteiger partial charge on any atom is 0.185 e. The molecule has 64 valence electrons. The van der Waals surface area contributed by atoms with Crippen molar-refractivity contribution in [3.8, 4) is 0 Å². The third-order valence-corrected chi connectivity index (χ3v) is 2.35. The Hall–Kier alpha value is -0.830. The smallest absolute Gasteiger partial charge is 0.185 e. The summed E-state index contributed by atoms with van der Waals surface area (Å²) in [6, 6.07) is 0. The predicted molar refractivity (Wildman–Crippen MR) is 45.3 cm³/mol. The van der Waals surface area contributed by atoms with Crippen LogP contribution in [0.15, 0.2) is 6.20 Å². The molecule has 0 amide bonds. The molecule has 1 aliphatic rings. The highest BCUT2D eigenvalue weighted by Gasteiger charge is 2.33. The molecule has 1 aromatic heterocycles. The number of halogens is 1. The number of carbonyl (C=O) groups is 1. The minimum atomic E-state index is 0.139. The molecule has 0 N–H and O–H groups in total. The summed E-state index contributed by atoms with van der Waals surface area (Å²) < 4.78 is 1.54. The van der Waals surface area contributed by atoms with Gasteiger partial charge in [0.2, 0.25) is 0 Å². The monoisotopic (exact) mass is 184 g/mol. The predicted octanol–water partition coefficient (Wildman–Crippen LogP) is 1.67. The topological polar surface area (TPSA) is 34.9 Å². The molecule has 0 spiro atoms. The van der Waals surface area contributed by atoms with E-state index >= 15 is 0 Å². The van der Waals surface area contributed by atoms with Gasteiger partial charge in [0.15, 0.2) is 5.78 Å². The van der Waals surface area contributed by atoms with Crippen LogP contribution in [0.1, 0.15) is 23.3 Å². The second-order valence-corrected chi connectivity index (χ2v) is 3.51. The molecule has 0 aromatic carbocycles. The first-order valence-electron chi connectivity index (χ1n) is 3.92. The Morgan fingerprint density at radius 3 is 2.83 bits per heavy atom. The Bertz CT molecular complexity index is 308. The molecule has 0 unspecified atom stereocenters. The zero-order valence-electron chi connectivity index (χ0n) is 6.75. The van der Waals surface area contributed by atoms with E-state index in [2.05, 4.69) is 5.10 Å². The molecule has 4 heteroatoms. The van der Waals surface area contributed by atoms with Gasteiger partial charge < -0.3 is 0 Å². The van der Waals surface area contributed by atoms with Crippen molar-refractivity contribution in [2.75, 3.05) is 0 Å². The number of hydrogen-bond donors (Lipinski definition) is 0. The normalized spacial score (nSPS) is 16.5. The fraction of sp³-hybridized carbons (Fsp3) is 0.500. The number of hydrogen-bond acceptors (Lipinski definition) is 2. The lowest BCUT2D eigenvalue weighted by Gasteiger charge is -1.98. The fourth-order valence-corrected chi connectivity index (χ4v) is 1.49. The van der Waals surface area contributed by atoms with Crippen molar-refractivity contribution < 1.29 is 4.79 Å². The van der Waals surface area contributed by atoms with Crippen LogP contribution in [0.25, 0.3) is 0 Å². The van der Waals surface area contributed by atoms with Crippen molar-refractivity contribution in [2.24, 2.45) is 13.0 Å². The highest BCUT2D eigenvalue weighted by molar-refractivity contribution is 6.33. The molecule has 0 aliphatic heterocycles. The van der Waals surface area contributed by atoms with E-state index in [0.717, 1.165) is 12.8 Å². The number of nitrogens with zero attached hydrogens (tertiary/aromatic N) is 2. The molecule has 12 heavy (non-hydrogen) atoms. The summed E-state index contributed by atoms with van der Waals surface area (Å²) in [6.07, 6.45) is 3.51. The average molecular weight is 185 g/mol. The van der Waals surface area contributed by atoms with E-state index in [4.69, 9.17) is 11.6 Å². The van der Waals surface area contributed by atoms with Crippen LogP contribution >= 0.6 is 11.6 Å². The van der Waals surface area contributed by atoms with Gasteiger partial charge in [0.25, 0.3) is 0 Å². The first-order valence-corrected chi connectivity index (χ1v) is 4.29. The van der Waals surface area contributed by atoms with E-state index in [0.29, 0.717) is 10.7 Å². The zero-order chi connectivity index (χ0) is 8.72. The van der Waals surface area contributed by atoms with Crippen LogP contribution in [-0.4, -0.2) is 15.6 Å². The van der Waals surface area contributed by atoms with E-state index in [1.807, 2.05) is 0 Å². The highest BCUT2D eigenvalue weighted by Crippen LogP contribution is 2.34. The molecule has 0 radical (unpaired) electrons. The summed E-state index contributed by atoms with van der Waals surface area (Å²) in [5, 5.41) is 4.38. The van der Waals surface area contributed by atoms with Gasteiger partial charge in [0.1, 0.15) is 5.69 Å². The summed E-state index contributed by atoms with van der Waals surface area (Å²) in [7, 11) is 1.74. The number of Topliss-reactive ketones (excluding diaryl/α,β-unsaturated/α-hetero) is 1. The summed E-state index contributed by atoms with van der Waals surface area (Å²) in [6.45, 7) is 0. The SMILES string of the molecule is Cn1ncc(Cl)c1C(=O)C1CC1. The second-order valence-electron chi connectivity index (χ2n) is 3.10. The number of rotatable bonds is 2. The van der Waals surface area contributed by atoms with Crippen LogP contribution in [0, 0.1) is 5.92 Å². The molecule has 1 fully saturated rings. The van der Waals surface area contributed by atoms with E-state index in [9.17, 15) is 4.79 Å². The van der Waals surface area contributed by atoms with E-state index in [-0.39, 0.29) is 11.7 Å². The quantitative estimate of drug-likeness (QED) is 0.656.